The molecule has 3 rings (SSSR count). The van der Waals surface area contributed by atoms with Gasteiger partial charge in [-0.05, 0) is 23.1 Å². The van der Waals surface area contributed by atoms with E-state index in [0.717, 1.165) is 21.6 Å². The number of ether oxygens (including phenoxy) is 1. The summed E-state index contributed by atoms with van der Waals surface area (Å²) >= 11 is 0. The zero-order valence-corrected chi connectivity index (χ0v) is 13.4. The van der Waals surface area contributed by atoms with Gasteiger partial charge in [0.1, 0.15) is 6.10 Å². The number of carboxylic acid groups (broad SMARTS) is 1. The van der Waals surface area contributed by atoms with Crippen LogP contribution in [0.2, 0.25) is 0 Å². The van der Waals surface area contributed by atoms with Crippen LogP contribution in [0.5, 0.6) is 0 Å². The summed E-state index contributed by atoms with van der Waals surface area (Å²) in [6.07, 6.45) is -0.855. The van der Waals surface area contributed by atoms with Gasteiger partial charge >= 0.3 is 12.1 Å². The van der Waals surface area contributed by atoms with Crippen LogP contribution >= 0.6 is 0 Å². The summed E-state index contributed by atoms with van der Waals surface area (Å²) in [7, 11) is 0. The average molecular weight is 325 g/mol. The number of rotatable bonds is 5. The van der Waals surface area contributed by atoms with Gasteiger partial charge in [-0.25, -0.2) is 9.59 Å². The summed E-state index contributed by atoms with van der Waals surface area (Å²) in [6, 6.07) is 17.0. The summed E-state index contributed by atoms with van der Waals surface area (Å²) in [5.74, 6) is -0.467. The van der Waals surface area contributed by atoms with E-state index in [1.165, 1.54) is 0 Å². The van der Waals surface area contributed by atoms with Crippen molar-refractivity contribution in [3.05, 3.63) is 60.2 Å². The predicted molar refractivity (Wildman–Crippen MR) is 89.4 cm³/mol. The first-order valence-electron chi connectivity index (χ1n) is 7.94. The standard InChI is InChI=1S/C19H19NO4/c1-2-16-17(18(21)24-16)20(19(22)23)12-13-8-10-15(11-9-13)14-6-4-3-5-7-14/h3-11,16-17H,2,12H2,1H3,(H,22,23)/t16-,17-/m1/s1. The van der Waals surface area contributed by atoms with Crippen LogP contribution in [0.1, 0.15) is 18.9 Å². The van der Waals surface area contributed by atoms with Gasteiger partial charge in [0.15, 0.2) is 6.04 Å². The highest BCUT2D eigenvalue weighted by Gasteiger charge is 2.47. The molecule has 1 N–H and O–H groups in total. The summed E-state index contributed by atoms with van der Waals surface area (Å²) in [5, 5.41) is 9.45. The highest BCUT2D eigenvalue weighted by molar-refractivity contribution is 5.86. The first kappa shape index (κ1) is 16.1. The molecule has 24 heavy (non-hydrogen) atoms. The topological polar surface area (TPSA) is 66.8 Å². The number of hydrogen-bond acceptors (Lipinski definition) is 3. The Morgan fingerprint density at radius 1 is 1.08 bits per heavy atom. The van der Waals surface area contributed by atoms with Crippen LogP contribution in [0.25, 0.3) is 11.1 Å². The van der Waals surface area contributed by atoms with E-state index in [0.29, 0.717) is 6.42 Å². The van der Waals surface area contributed by atoms with E-state index < -0.39 is 18.1 Å². The Morgan fingerprint density at radius 2 is 1.71 bits per heavy atom. The largest absolute Gasteiger partial charge is 0.465 e. The van der Waals surface area contributed by atoms with Gasteiger partial charge in [0.05, 0.1) is 6.54 Å². The van der Waals surface area contributed by atoms with E-state index >= 15 is 0 Å². The molecule has 124 valence electrons. The fourth-order valence-electron chi connectivity index (χ4n) is 2.91. The fourth-order valence-corrected chi connectivity index (χ4v) is 2.91. The lowest BCUT2D eigenvalue weighted by atomic mass is 10.00. The normalized spacial score (nSPS) is 19.3. The van der Waals surface area contributed by atoms with Crippen LogP contribution in [-0.4, -0.2) is 34.2 Å². The molecule has 0 radical (unpaired) electrons. The molecule has 0 bridgehead atoms. The molecule has 1 heterocycles. The molecule has 5 nitrogen and oxygen atoms in total. The maximum Gasteiger partial charge on any atom is 0.408 e. The van der Waals surface area contributed by atoms with Crippen molar-refractivity contribution in [3.8, 4) is 11.1 Å². The smallest absolute Gasteiger partial charge is 0.408 e. The Kier molecular flexibility index (Phi) is 4.51. The molecule has 1 aliphatic heterocycles. The molecule has 1 aliphatic rings. The van der Waals surface area contributed by atoms with Crippen LogP contribution in [0.3, 0.4) is 0 Å². The minimum absolute atomic E-state index is 0.167. The van der Waals surface area contributed by atoms with Gasteiger partial charge in [0.25, 0.3) is 0 Å². The van der Waals surface area contributed by atoms with Crippen molar-refractivity contribution >= 4 is 12.1 Å². The lowest BCUT2D eigenvalue weighted by molar-refractivity contribution is -0.186. The van der Waals surface area contributed by atoms with Crippen LogP contribution in [0.4, 0.5) is 4.79 Å². The molecule has 2 aromatic rings. The van der Waals surface area contributed by atoms with E-state index in [9.17, 15) is 14.7 Å². The van der Waals surface area contributed by atoms with Gasteiger partial charge in [-0.3, -0.25) is 4.90 Å². The van der Waals surface area contributed by atoms with Crippen molar-refractivity contribution in [1.29, 1.82) is 0 Å². The fraction of sp³-hybridized carbons (Fsp3) is 0.263. The number of benzene rings is 2. The molecule has 2 atom stereocenters. The molecule has 0 saturated carbocycles. The predicted octanol–water partition coefficient (Wildman–Crippen LogP) is 3.54. The second-order valence-electron chi connectivity index (χ2n) is 5.80. The number of amides is 1. The van der Waals surface area contributed by atoms with Crippen molar-refractivity contribution in [2.24, 2.45) is 0 Å². The monoisotopic (exact) mass is 325 g/mol. The van der Waals surface area contributed by atoms with Crippen LogP contribution < -0.4 is 0 Å². The van der Waals surface area contributed by atoms with Crippen molar-refractivity contribution in [1.82, 2.24) is 4.90 Å². The first-order chi connectivity index (χ1) is 11.6. The van der Waals surface area contributed by atoms with E-state index in [4.69, 9.17) is 4.74 Å². The third kappa shape index (κ3) is 3.11. The van der Waals surface area contributed by atoms with Crippen LogP contribution in [0.15, 0.2) is 54.6 Å². The molecule has 1 fully saturated rings. The Balaban J connectivity index is 1.76. The molecule has 1 amide bonds. The Hall–Kier alpha value is -2.82. The molecule has 0 aromatic heterocycles. The van der Waals surface area contributed by atoms with Gasteiger partial charge in [-0.2, -0.15) is 0 Å². The zero-order valence-electron chi connectivity index (χ0n) is 13.4. The third-order valence-corrected chi connectivity index (χ3v) is 4.26. The Labute approximate surface area is 140 Å². The Morgan fingerprint density at radius 3 is 2.25 bits per heavy atom. The molecule has 5 heteroatoms. The molecular weight excluding hydrogens is 306 g/mol. The van der Waals surface area contributed by atoms with E-state index in [-0.39, 0.29) is 12.6 Å². The molecule has 0 aliphatic carbocycles. The number of carbonyl (C=O) groups is 2. The Bertz CT molecular complexity index is 727. The van der Waals surface area contributed by atoms with Crippen LogP contribution in [0, 0.1) is 0 Å². The zero-order chi connectivity index (χ0) is 17.1. The molecule has 0 spiro atoms. The van der Waals surface area contributed by atoms with E-state index in [2.05, 4.69) is 0 Å². The third-order valence-electron chi connectivity index (χ3n) is 4.26. The lowest BCUT2D eigenvalue weighted by Crippen LogP contribution is -2.60. The summed E-state index contributed by atoms with van der Waals surface area (Å²) in [4.78, 5) is 24.4. The number of nitrogens with zero attached hydrogens (tertiary/aromatic N) is 1. The quantitative estimate of drug-likeness (QED) is 0.854. The first-order valence-corrected chi connectivity index (χ1v) is 7.94. The second-order valence-corrected chi connectivity index (χ2v) is 5.80. The highest BCUT2D eigenvalue weighted by Crippen LogP contribution is 2.26. The highest BCUT2D eigenvalue weighted by atomic mass is 16.6. The number of hydrogen-bond donors (Lipinski definition) is 1. The molecule has 2 aromatic carbocycles. The molecule has 0 unspecified atom stereocenters. The maximum absolute atomic E-state index is 11.6. The van der Waals surface area contributed by atoms with E-state index in [1.54, 1.807) is 0 Å². The van der Waals surface area contributed by atoms with Crippen molar-refractivity contribution in [3.63, 3.8) is 0 Å². The summed E-state index contributed by atoms with van der Waals surface area (Å²) < 4.78 is 5.00. The maximum atomic E-state index is 11.6. The summed E-state index contributed by atoms with van der Waals surface area (Å²) in [5.41, 5.74) is 3.01. The van der Waals surface area contributed by atoms with E-state index in [1.807, 2.05) is 61.5 Å². The van der Waals surface area contributed by atoms with Gasteiger partial charge < -0.3 is 9.84 Å². The van der Waals surface area contributed by atoms with Crippen molar-refractivity contribution < 1.29 is 19.4 Å². The van der Waals surface area contributed by atoms with Crippen molar-refractivity contribution in [2.75, 3.05) is 0 Å². The van der Waals surface area contributed by atoms with Gasteiger partial charge in [-0.1, -0.05) is 61.5 Å². The number of esters is 1. The van der Waals surface area contributed by atoms with Crippen molar-refractivity contribution in [2.45, 2.75) is 32.0 Å². The van der Waals surface area contributed by atoms with Gasteiger partial charge in [0, 0.05) is 0 Å². The minimum Gasteiger partial charge on any atom is -0.465 e. The van der Waals surface area contributed by atoms with Gasteiger partial charge in [0.2, 0.25) is 0 Å². The minimum atomic E-state index is -1.11. The second kappa shape index (κ2) is 6.74. The lowest BCUT2D eigenvalue weighted by Gasteiger charge is -2.40. The molecule has 1 saturated heterocycles. The van der Waals surface area contributed by atoms with Gasteiger partial charge in [-0.15, -0.1) is 0 Å². The SMILES string of the molecule is CC[C@H]1OC(=O)[C@@H]1N(Cc1ccc(-c2ccccc2)cc1)C(=O)O. The summed E-state index contributed by atoms with van der Waals surface area (Å²) in [6.45, 7) is 2.04. The number of cyclic esters (lactones) is 1. The molecular formula is C19H19NO4. The average Bonchev–Trinajstić information content (AvgIpc) is 2.60. The van der Waals surface area contributed by atoms with Crippen LogP contribution in [-0.2, 0) is 16.1 Å². The number of carbonyl (C=O) groups excluding carboxylic acids is 1.